The fourth-order valence-electron chi connectivity index (χ4n) is 5.56. The topological polar surface area (TPSA) is 58.8 Å². The number of likely N-dealkylation sites (tertiary alicyclic amines) is 2. The normalized spacial score (nSPS) is 25.0. The molecule has 5 rings (SSSR count). The van der Waals surface area contributed by atoms with Crippen LogP contribution in [0.3, 0.4) is 0 Å². The minimum atomic E-state index is 0.119. The number of hydrogen-bond donors (Lipinski definition) is 1. The molecule has 0 saturated carbocycles. The predicted molar refractivity (Wildman–Crippen MR) is 135 cm³/mol. The lowest BCUT2D eigenvalue weighted by atomic mass is 9.88. The van der Waals surface area contributed by atoms with Crippen molar-refractivity contribution in [2.75, 3.05) is 39.3 Å². The molecule has 2 aromatic rings. The van der Waals surface area contributed by atoms with Crippen LogP contribution in [0.5, 0.6) is 0 Å². The Morgan fingerprint density at radius 3 is 2.55 bits per heavy atom. The molecule has 33 heavy (non-hydrogen) atoms. The van der Waals surface area contributed by atoms with Gasteiger partial charge in [0.25, 0.3) is 5.91 Å². The summed E-state index contributed by atoms with van der Waals surface area (Å²) in [5.74, 6) is 0.780. The summed E-state index contributed by atoms with van der Waals surface area (Å²) < 4.78 is 5.94. The molecule has 2 N–H and O–H groups in total. The van der Waals surface area contributed by atoms with Gasteiger partial charge in [0.05, 0.1) is 11.0 Å². The zero-order valence-corrected chi connectivity index (χ0v) is 20.6. The Bertz CT molecular complexity index is 943. The van der Waals surface area contributed by atoms with Gasteiger partial charge in [-0.3, -0.25) is 4.79 Å². The van der Waals surface area contributed by atoms with E-state index in [1.165, 1.54) is 61.2 Å². The van der Waals surface area contributed by atoms with Crippen LogP contribution in [0.2, 0.25) is 0 Å². The quantitative estimate of drug-likeness (QED) is 0.696. The van der Waals surface area contributed by atoms with Crippen LogP contribution in [0.4, 0.5) is 0 Å². The number of carbonyl (C=O) groups is 1. The molecule has 1 aromatic heterocycles. The van der Waals surface area contributed by atoms with Crippen molar-refractivity contribution in [1.29, 1.82) is 0 Å². The fraction of sp³-hybridized carbons (Fsp3) is 0.593. The summed E-state index contributed by atoms with van der Waals surface area (Å²) in [7, 11) is 0. The van der Waals surface area contributed by atoms with Gasteiger partial charge in [0.2, 0.25) is 0 Å². The maximum absolute atomic E-state index is 12.9. The van der Waals surface area contributed by atoms with Crippen LogP contribution in [-0.2, 0) is 4.74 Å². The van der Waals surface area contributed by atoms with E-state index >= 15 is 0 Å². The Labute approximate surface area is 201 Å². The number of benzene rings is 1. The zero-order valence-electron chi connectivity index (χ0n) is 19.8. The molecule has 0 aliphatic carbocycles. The smallest absolute Gasteiger partial charge is 0.264 e. The zero-order chi connectivity index (χ0) is 22.8. The SMILES string of the molecule is Cc1cc(-c2ccc(C3CCN(CC4CCCCO4)CC3)cc2)sc1C(=O)N1CC[C@H](N)C1. The van der Waals surface area contributed by atoms with Crippen LogP contribution in [0.1, 0.15) is 65.2 Å². The minimum Gasteiger partial charge on any atom is -0.377 e. The Morgan fingerprint density at radius 2 is 1.88 bits per heavy atom. The number of hydrogen-bond acceptors (Lipinski definition) is 5. The number of thiophene rings is 1. The average molecular weight is 468 g/mol. The monoisotopic (exact) mass is 467 g/mol. The number of rotatable bonds is 5. The Morgan fingerprint density at radius 1 is 1.09 bits per heavy atom. The lowest BCUT2D eigenvalue weighted by Crippen LogP contribution is -2.40. The number of amides is 1. The summed E-state index contributed by atoms with van der Waals surface area (Å²) in [6.07, 6.45) is 7.56. The molecular weight excluding hydrogens is 430 g/mol. The second kappa shape index (κ2) is 10.3. The molecule has 2 atom stereocenters. The highest BCUT2D eigenvalue weighted by molar-refractivity contribution is 7.17. The first-order valence-corrected chi connectivity index (χ1v) is 13.5. The van der Waals surface area contributed by atoms with Crippen LogP contribution in [-0.4, -0.2) is 67.2 Å². The van der Waals surface area contributed by atoms with Gasteiger partial charge in [-0.2, -0.15) is 0 Å². The van der Waals surface area contributed by atoms with Crippen molar-refractivity contribution in [3.8, 4) is 10.4 Å². The van der Waals surface area contributed by atoms with Crippen LogP contribution in [0.15, 0.2) is 30.3 Å². The van der Waals surface area contributed by atoms with E-state index in [1.54, 1.807) is 11.3 Å². The molecule has 0 spiro atoms. The molecule has 4 heterocycles. The lowest BCUT2D eigenvalue weighted by Gasteiger charge is -2.35. The van der Waals surface area contributed by atoms with E-state index in [9.17, 15) is 4.79 Å². The minimum absolute atomic E-state index is 0.119. The van der Waals surface area contributed by atoms with Gasteiger partial charge in [0.15, 0.2) is 0 Å². The first-order valence-electron chi connectivity index (χ1n) is 12.7. The van der Waals surface area contributed by atoms with Gasteiger partial charge in [0, 0.05) is 37.2 Å². The van der Waals surface area contributed by atoms with Gasteiger partial charge < -0.3 is 20.3 Å². The van der Waals surface area contributed by atoms with Crippen molar-refractivity contribution >= 4 is 17.2 Å². The Kier molecular flexibility index (Phi) is 7.16. The standard InChI is InChI=1S/C27H37N3O2S/c1-19-16-25(33-26(19)27(31)30-14-11-23(28)17-30)22-7-5-20(6-8-22)21-9-12-29(13-10-21)18-24-4-2-3-15-32-24/h5-8,16,21,23-24H,2-4,9-15,17-18,28H2,1H3/t23-,24?/m0/s1. The van der Waals surface area contributed by atoms with Gasteiger partial charge in [0.1, 0.15) is 0 Å². The van der Waals surface area contributed by atoms with Crippen molar-refractivity contribution in [2.24, 2.45) is 5.73 Å². The fourth-order valence-corrected chi connectivity index (χ4v) is 6.71. The Balaban J connectivity index is 1.18. The van der Waals surface area contributed by atoms with Gasteiger partial charge in [-0.1, -0.05) is 24.3 Å². The second-order valence-electron chi connectivity index (χ2n) is 10.1. The second-order valence-corrected chi connectivity index (χ2v) is 11.2. The highest BCUT2D eigenvalue weighted by Gasteiger charge is 2.27. The van der Waals surface area contributed by atoms with Crippen molar-refractivity contribution in [2.45, 2.75) is 63.5 Å². The molecule has 178 valence electrons. The average Bonchev–Trinajstić information content (AvgIpc) is 3.46. The molecule has 1 unspecified atom stereocenters. The molecule has 3 fully saturated rings. The number of piperidine rings is 1. The van der Waals surface area contributed by atoms with E-state index in [1.807, 2.05) is 11.8 Å². The number of nitrogens with two attached hydrogens (primary N) is 1. The van der Waals surface area contributed by atoms with Crippen molar-refractivity contribution in [1.82, 2.24) is 9.80 Å². The van der Waals surface area contributed by atoms with E-state index in [0.29, 0.717) is 18.6 Å². The van der Waals surface area contributed by atoms with Crippen LogP contribution < -0.4 is 5.73 Å². The molecule has 3 aliphatic heterocycles. The van der Waals surface area contributed by atoms with E-state index in [4.69, 9.17) is 10.5 Å². The highest BCUT2D eigenvalue weighted by atomic mass is 32.1. The van der Waals surface area contributed by atoms with E-state index < -0.39 is 0 Å². The summed E-state index contributed by atoms with van der Waals surface area (Å²) in [5.41, 5.74) is 9.72. The molecule has 1 amide bonds. The van der Waals surface area contributed by atoms with Crippen LogP contribution >= 0.6 is 11.3 Å². The van der Waals surface area contributed by atoms with Crippen molar-refractivity contribution in [3.05, 3.63) is 46.3 Å². The molecule has 3 saturated heterocycles. The molecule has 3 aliphatic rings. The first kappa shape index (κ1) is 23.0. The summed E-state index contributed by atoms with van der Waals surface area (Å²) in [5, 5.41) is 0. The molecule has 0 bridgehead atoms. The molecule has 0 radical (unpaired) electrons. The number of ether oxygens (including phenoxy) is 1. The maximum Gasteiger partial charge on any atom is 0.264 e. The van der Waals surface area contributed by atoms with E-state index in [0.717, 1.165) is 36.6 Å². The third kappa shape index (κ3) is 5.35. The molecule has 6 heteroatoms. The first-order chi connectivity index (χ1) is 16.1. The summed E-state index contributed by atoms with van der Waals surface area (Å²) in [4.78, 5) is 19.5. The van der Waals surface area contributed by atoms with Gasteiger partial charge in [-0.25, -0.2) is 0 Å². The van der Waals surface area contributed by atoms with Gasteiger partial charge in [-0.05, 0) is 87.2 Å². The summed E-state index contributed by atoms with van der Waals surface area (Å²) >= 11 is 1.62. The largest absolute Gasteiger partial charge is 0.377 e. The number of nitrogens with zero attached hydrogens (tertiary/aromatic N) is 2. The number of aryl methyl sites for hydroxylation is 1. The summed E-state index contributed by atoms with van der Waals surface area (Å²) in [6.45, 7) is 7.88. The number of carbonyl (C=O) groups excluding carboxylic acids is 1. The van der Waals surface area contributed by atoms with Crippen LogP contribution in [0, 0.1) is 6.92 Å². The van der Waals surface area contributed by atoms with Gasteiger partial charge >= 0.3 is 0 Å². The van der Waals surface area contributed by atoms with E-state index in [2.05, 4.69) is 35.2 Å². The molecular formula is C27H37N3O2S. The van der Waals surface area contributed by atoms with Gasteiger partial charge in [-0.15, -0.1) is 11.3 Å². The maximum atomic E-state index is 12.9. The molecule has 5 nitrogen and oxygen atoms in total. The Hall–Kier alpha value is -1.73. The summed E-state index contributed by atoms with van der Waals surface area (Å²) in [6, 6.07) is 11.4. The van der Waals surface area contributed by atoms with Crippen molar-refractivity contribution in [3.63, 3.8) is 0 Å². The lowest BCUT2D eigenvalue weighted by molar-refractivity contribution is -0.00950. The predicted octanol–water partition coefficient (Wildman–Crippen LogP) is 4.65. The van der Waals surface area contributed by atoms with E-state index in [-0.39, 0.29) is 11.9 Å². The highest BCUT2D eigenvalue weighted by Crippen LogP contribution is 2.35. The van der Waals surface area contributed by atoms with Crippen LogP contribution in [0.25, 0.3) is 10.4 Å². The van der Waals surface area contributed by atoms with Crippen molar-refractivity contribution < 1.29 is 9.53 Å². The third-order valence-corrected chi connectivity index (χ3v) is 8.89. The third-order valence-electron chi connectivity index (χ3n) is 7.61. The molecule has 1 aromatic carbocycles.